The molecule has 0 fully saturated rings. The monoisotopic (exact) mass is 273 g/mol. The molecule has 0 aliphatic carbocycles. The minimum absolute atomic E-state index is 0.109. The van der Waals surface area contributed by atoms with E-state index in [9.17, 15) is 0 Å². The smallest absolute Gasteiger partial charge is 0.284 e. The van der Waals surface area contributed by atoms with Gasteiger partial charge >= 0.3 is 0 Å². The average molecular weight is 273 g/mol. The van der Waals surface area contributed by atoms with E-state index in [1.165, 1.54) is 0 Å². The van der Waals surface area contributed by atoms with Crippen molar-refractivity contribution in [1.29, 1.82) is 0 Å². The number of anilines is 1. The van der Waals surface area contributed by atoms with E-state index in [4.69, 9.17) is 15.0 Å². The Balaban J connectivity index is 1.86. The molecule has 2 aromatic heterocycles. The van der Waals surface area contributed by atoms with Crippen LogP contribution >= 0.6 is 0 Å². The quantitative estimate of drug-likeness (QED) is 0.756. The van der Waals surface area contributed by atoms with Crippen LogP contribution in [0.15, 0.2) is 33.4 Å². The molecule has 0 saturated heterocycles. The van der Waals surface area contributed by atoms with E-state index in [-0.39, 0.29) is 17.4 Å². The van der Waals surface area contributed by atoms with E-state index in [0.717, 1.165) is 11.3 Å². The van der Waals surface area contributed by atoms with Crippen LogP contribution in [0.25, 0.3) is 11.6 Å². The van der Waals surface area contributed by atoms with Crippen LogP contribution in [0, 0.1) is 0 Å². The van der Waals surface area contributed by atoms with Crippen molar-refractivity contribution in [3.05, 3.63) is 35.7 Å². The Morgan fingerprint density at radius 2 is 2.05 bits per heavy atom. The second kappa shape index (κ2) is 5.00. The maximum absolute atomic E-state index is 5.56. The van der Waals surface area contributed by atoms with E-state index in [1.807, 2.05) is 24.3 Å². The maximum atomic E-state index is 5.56. The van der Waals surface area contributed by atoms with Crippen molar-refractivity contribution in [3.8, 4) is 17.3 Å². The van der Waals surface area contributed by atoms with Crippen LogP contribution in [0.5, 0.6) is 5.75 Å². The van der Waals surface area contributed by atoms with Gasteiger partial charge in [0.2, 0.25) is 11.5 Å². The third-order valence-electron chi connectivity index (χ3n) is 2.73. The van der Waals surface area contributed by atoms with Gasteiger partial charge in [-0.2, -0.15) is 4.98 Å². The van der Waals surface area contributed by atoms with E-state index in [2.05, 4.69) is 25.1 Å². The lowest BCUT2D eigenvalue weighted by Gasteiger charge is -2.04. The van der Waals surface area contributed by atoms with Crippen molar-refractivity contribution in [1.82, 2.24) is 20.5 Å². The minimum atomic E-state index is 0.109. The highest BCUT2D eigenvalue weighted by Gasteiger charge is 2.17. The molecule has 8 nitrogen and oxygen atoms in total. The lowest BCUT2D eigenvalue weighted by molar-refractivity contribution is 0.308. The van der Waals surface area contributed by atoms with Gasteiger partial charge in [-0.3, -0.25) is 0 Å². The van der Waals surface area contributed by atoms with Gasteiger partial charge in [0, 0.05) is 12.0 Å². The molecule has 0 aliphatic heterocycles. The standard InChI is InChI=1S/C12H11N5O3/c1-18-8-5-3-2-4-7(8)6-9-14-12(19-15-9)10-11(13)17-20-16-10/h2-5H,6H2,1H3,(H2,13,17). The fourth-order valence-electron chi connectivity index (χ4n) is 1.79. The zero-order valence-corrected chi connectivity index (χ0v) is 10.6. The number of nitrogens with zero attached hydrogens (tertiary/aromatic N) is 4. The van der Waals surface area contributed by atoms with Gasteiger partial charge in [0.1, 0.15) is 5.75 Å². The van der Waals surface area contributed by atoms with Crippen molar-refractivity contribution >= 4 is 5.82 Å². The lowest BCUT2D eigenvalue weighted by atomic mass is 10.1. The van der Waals surface area contributed by atoms with Crippen LogP contribution in [0.3, 0.4) is 0 Å². The molecule has 0 aliphatic rings. The molecule has 20 heavy (non-hydrogen) atoms. The summed E-state index contributed by atoms with van der Waals surface area (Å²) >= 11 is 0. The van der Waals surface area contributed by atoms with Crippen molar-refractivity contribution in [2.24, 2.45) is 0 Å². The van der Waals surface area contributed by atoms with Crippen molar-refractivity contribution in [3.63, 3.8) is 0 Å². The van der Waals surface area contributed by atoms with Crippen LogP contribution in [0.1, 0.15) is 11.4 Å². The molecule has 2 heterocycles. The van der Waals surface area contributed by atoms with Gasteiger partial charge < -0.3 is 15.0 Å². The predicted octanol–water partition coefficient (Wildman–Crippen LogP) is 1.30. The fraction of sp³-hybridized carbons (Fsp3) is 0.167. The summed E-state index contributed by atoms with van der Waals surface area (Å²) in [5.74, 6) is 1.54. The van der Waals surface area contributed by atoms with E-state index >= 15 is 0 Å². The topological polar surface area (TPSA) is 113 Å². The third kappa shape index (κ3) is 2.18. The number of rotatable bonds is 4. The zero-order chi connectivity index (χ0) is 13.9. The van der Waals surface area contributed by atoms with Gasteiger partial charge in [0.25, 0.3) is 5.89 Å². The maximum Gasteiger partial charge on any atom is 0.284 e. The number of ether oxygens (including phenoxy) is 1. The molecule has 0 amide bonds. The molecular weight excluding hydrogens is 262 g/mol. The first-order valence-corrected chi connectivity index (χ1v) is 5.81. The Morgan fingerprint density at radius 3 is 2.80 bits per heavy atom. The van der Waals surface area contributed by atoms with E-state index in [0.29, 0.717) is 12.2 Å². The molecule has 8 heteroatoms. The summed E-state index contributed by atoms with van der Waals surface area (Å²) < 4.78 is 14.9. The Hall–Kier alpha value is -2.90. The number of methoxy groups -OCH3 is 1. The number of benzene rings is 1. The highest BCUT2D eigenvalue weighted by molar-refractivity contribution is 5.60. The van der Waals surface area contributed by atoms with Gasteiger partial charge in [-0.25, -0.2) is 4.63 Å². The summed E-state index contributed by atoms with van der Waals surface area (Å²) in [4.78, 5) is 4.21. The van der Waals surface area contributed by atoms with Crippen molar-refractivity contribution in [2.75, 3.05) is 12.8 Å². The van der Waals surface area contributed by atoms with Crippen LogP contribution in [0.2, 0.25) is 0 Å². The molecule has 0 saturated carbocycles. The number of para-hydroxylation sites is 1. The SMILES string of the molecule is COc1ccccc1Cc1noc(-c2nonc2N)n1. The van der Waals surface area contributed by atoms with E-state index in [1.54, 1.807) is 7.11 Å². The number of nitrogen functional groups attached to an aromatic ring is 1. The van der Waals surface area contributed by atoms with Crippen LogP contribution in [-0.2, 0) is 6.42 Å². The zero-order valence-electron chi connectivity index (χ0n) is 10.6. The van der Waals surface area contributed by atoms with Gasteiger partial charge in [0.15, 0.2) is 5.82 Å². The number of hydrogen-bond acceptors (Lipinski definition) is 8. The van der Waals surface area contributed by atoms with Crippen molar-refractivity contribution in [2.45, 2.75) is 6.42 Å². The molecule has 3 rings (SSSR count). The average Bonchev–Trinajstić information content (AvgIpc) is 3.08. The van der Waals surface area contributed by atoms with E-state index < -0.39 is 0 Å². The summed E-state index contributed by atoms with van der Waals surface area (Å²) in [6.45, 7) is 0. The summed E-state index contributed by atoms with van der Waals surface area (Å²) in [7, 11) is 1.61. The molecular formula is C12H11N5O3. The molecule has 0 radical (unpaired) electrons. The summed E-state index contributed by atoms with van der Waals surface area (Å²) in [5.41, 5.74) is 6.76. The number of nitrogens with two attached hydrogens (primary N) is 1. The van der Waals surface area contributed by atoms with Gasteiger partial charge in [-0.1, -0.05) is 23.4 Å². The highest BCUT2D eigenvalue weighted by atomic mass is 16.6. The highest BCUT2D eigenvalue weighted by Crippen LogP contribution is 2.23. The van der Waals surface area contributed by atoms with Gasteiger partial charge in [0.05, 0.1) is 7.11 Å². The molecule has 0 unspecified atom stereocenters. The van der Waals surface area contributed by atoms with Gasteiger partial charge in [-0.15, -0.1) is 0 Å². The first-order valence-electron chi connectivity index (χ1n) is 5.81. The molecule has 0 bridgehead atoms. The molecule has 2 N–H and O–H groups in total. The Kier molecular flexibility index (Phi) is 3.04. The lowest BCUT2D eigenvalue weighted by Crippen LogP contribution is -1.95. The van der Waals surface area contributed by atoms with Crippen LogP contribution < -0.4 is 10.5 Å². The minimum Gasteiger partial charge on any atom is -0.496 e. The Bertz CT molecular complexity index is 721. The molecule has 0 spiro atoms. The molecule has 3 aromatic rings. The Labute approximate surface area is 113 Å². The summed E-state index contributed by atoms with van der Waals surface area (Å²) in [6.07, 6.45) is 0.471. The Morgan fingerprint density at radius 1 is 1.20 bits per heavy atom. The normalized spacial score (nSPS) is 10.7. The summed E-state index contributed by atoms with van der Waals surface area (Å²) in [6, 6.07) is 7.61. The van der Waals surface area contributed by atoms with Crippen molar-refractivity contribution < 1.29 is 13.9 Å². The predicted molar refractivity (Wildman–Crippen MR) is 67.8 cm³/mol. The number of hydrogen-bond donors (Lipinski definition) is 1. The second-order valence-electron chi connectivity index (χ2n) is 4.00. The first kappa shape index (κ1) is 12.2. The van der Waals surface area contributed by atoms with Gasteiger partial charge in [-0.05, 0) is 16.4 Å². The second-order valence-corrected chi connectivity index (χ2v) is 4.00. The largest absolute Gasteiger partial charge is 0.496 e. The third-order valence-corrected chi connectivity index (χ3v) is 2.73. The molecule has 1 aromatic carbocycles. The molecule has 102 valence electrons. The van der Waals surface area contributed by atoms with Crippen LogP contribution in [0.4, 0.5) is 5.82 Å². The number of aromatic nitrogens is 4. The first-order chi connectivity index (χ1) is 9.78. The summed E-state index contributed by atoms with van der Waals surface area (Å²) in [5, 5.41) is 10.9. The fourth-order valence-corrected chi connectivity index (χ4v) is 1.79. The van der Waals surface area contributed by atoms with Crippen LogP contribution in [-0.4, -0.2) is 27.6 Å². The molecule has 0 atom stereocenters.